The van der Waals surface area contributed by atoms with Gasteiger partial charge >= 0.3 is 6.03 Å². The molecule has 1 heterocycles. The van der Waals surface area contributed by atoms with E-state index in [4.69, 9.17) is 11.6 Å². The van der Waals surface area contributed by atoms with E-state index in [0.717, 1.165) is 21.7 Å². The smallest absolute Gasteiger partial charge is 0.315 e. The number of carbonyl (C=O) groups excluding carboxylic acids is 1. The predicted octanol–water partition coefficient (Wildman–Crippen LogP) is 2.48. The fourth-order valence-corrected chi connectivity index (χ4v) is 2.58. The van der Waals surface area contributed by atoms with Crippen LogP contribution >= 0.6 is 11.6 Å². The van der Waals surface area contributed by atoms with E-state index in [2.05, 4.69) is 20.6 Å². The largest absolute Gasteiger partial charge is 0.336 e. The Bertz CT molecular complexity index is 698. The van der Waals surface area contributed by atoms with E-state index >= 15 is 0 Å². The third-order valence-corrected chi connectivity index (χ3v) is 4.29. The molecular formula is C17H24ClN5O. The molecule has 2 amide bonds. The van der Waals surface area contributed by atoms with E-state index in [0.29, 0.717) is 13.1 Å². The van der Waals surface area contributed by atoms with Crippen LogP contribution in [0.2, 0.25) is 5.02 Å². The Morgan fingerprint density at radius 1 is 1.38 bits per heavy atom. The number of nitrogens with zero attached hydrogens (tertiary/aromatic N) is 3. The van der Waals surface area contributed by atoms with Crippen molar-refractivity contribution in [3.63, 3.8) is 0 Å². The minimum absolute atomic E-state index is 0.0715. The van der Waals surface area contributed by atoms with Gasteiger partial charge in [-0.25, -0.2) is 4.79 Å². The van der Waals surface area contributed by atoms with Crippen LogP contribution in [0.15, 0.2) is 30.6 Å². The summed E-state index contributed by atoms with van der Waals surface area (Å²) in [5.41, 5.74) is 3.08. The van der Waals surface area contributed by atoms with Gasteiger partial charge in [0.25, 0.3) is 0 Å². The molecule has 130 valence electrons. The van der Waals surface area contributed by atoms with Crippen molar-refractivity contribution in [3.05, 3.63) is 52.3 Å². The summed E-state index contributed by atoms with van der Waals surface area (Å²) >= 11 is 6.01. The molecule has 2 N–H and O–H groups in total. The first-order chi connectivity index (χ1) is 11.4. The number of halogens is 1. The maximum Gasteiger partial charge on any atom is 0.315 e. The monoisotopic (exact) mass is 349 g/mol. The number of amides is 2. The highest BCUT2D eigenvalue weighted by Crippen LogP contribution is 2.17. The summed E-state index contributed by atoms with van der Waals surface area (Å²) < 4.78 is 1.76. The Morgan fingerprint density at radius 2 is 2.12 bits per heavy atom. The van der Waals surface area contributed by atoms with Gasteiger partial charge in [-0.05, 0) is 38.2 Å². The van der Waals surface area contributed by atoms with Gasteiger partial charge in [0.05, 0.1) is 12.2 Å². The van der Waals surface area contributed by atoms with Crippen molar-refractivity contribution >= 4 is 17.6 Å². The highest BCUT2D eigenvalue weighted by molar-refractivity contribution is 6.31. The van der Waals surface area contributed by atoms with Gasteiger partial charge in [0.1, 0.15) is 0 Å². The van der Waals surface area contributed by atoms with Crippen molar-refractivity contribution in [2.45, 2.75) is 19.5 Å². The number of rotatable bonds is 6. The van der Waals surface area contributed by atoms with Gasteiger partial charge in [-0.1, -0.05) is 23.7 Å². The van der Waals surface area contributed by atoms with Crippen molar-refractivity contribution in [2.24, 2.45) is 7.05 Å². The van der Waals surface area contributed by atoms with E-state index in [1.807, 2.05) is 58.7 Å². The summed E-state index contributed by atoms with van der Waals surface area (Å²) in [5, 5.41) is 10.7. The van der Waals surface area contributed by atoms with Gasteiger partial charge in [-0.3, -0.25) is 4.68 Å². The summed E-state index contributed by atoms with van der Waals surface area (Å²) in [6.07, 6.45) is 3.78. The van der Waals surface area contributed by atoms with E-state index in [9.17, 15) is 4.79 Å². The molecule has 0 aliphatic rings. The summed E-state index contributed by atoms with van der Waals surface area (Å²) in [6, 6.07) is 5.60. The molecule has 0 saturated carbocycles. The van der Waals surface area contributed by atoms with Crippen LogP contribution in [0.5, 0.6) is 0 Å². The number of aryl methyl sites for hydroxylation is 2. The number of benzene rings is 1. The summed E-state index contributed by atoms with van der Waals surface area (Å²) in [5.74, 6) is 0. The Balaban J connectivity index is 1.86. The number of nitrogens with one attached hydrogen (secondary N) is 2. The summed E-state index contributed by atoms with van der Waals surface area (Å²) in [4.78, 5) is 14.1. The predicted molar refractivity (Wildman–Crippen MR) is 96.1 cm³/mol. The SMILES string of the molecule is Cc1cc(CNC(=O)NCC(c2cnn(C)c2)N(C)C)ccc1Cl. The lowest BCUT2D eigenvalue weighted by atomic mass is 10.1. The molecule has 2 aromatic rings. The first-order valence-electron chi connectivity index (χ1n) is 7.78. The number of aromatic nitrogens is 2. The molecule has 1 aromatic heterocycles. The average Bonchev–Trinajstić information content (AvgIpc) is 2.94. The van der Waals surface area contributed by atoms with Crippen LogP contribution in [0.25, 0.3) is 0 Å². The Labute approximate surface area is 147 Å². The highest BCUT2D eigenvalue weighted by atomic mass is 35.5. The third-order valence-electron chi connectivity index (χ3n) is 3.86. The maximum atomic E-state index is 12.0. The van der Waals surface area contributed by atoms with Gasteiger partial charge in [-0.2, -0.15) is 5.10 Å². The zero-order chi connectivity index (χ0) is 17.7. The van der Waals surface area contributed by atoms with Crippen LogP contribution in [0.3, 0.4) is 0 Å². The fourth-order valence-electron chi connectivity index (χ4n) is 2.46. The molecule has 0 radical (unpaired) electrons. The topological polar surface area (TPSA) is 62.2 Å². The highest BCUT2D eigenvalue weighted by Gasteiger charge is 2.16. The molecule has 0 aliphatic carbocycles. The van der Waals surface area contributed by atoms with Crippen LogP contribution in [-0.4, -0.2) is 41.4 Å². The van der Waals surface area contributed by atoms with Crippen LogP contribution in [-0.2, 0) is 13.6 Å². The van der Waals surface area contributed by atoms with Crippen LogP contribution in [0.1, 0.15) is 22.7 Å². The second-order valence-corrected chi connectivity index (χ2v) is 6.48. The molecule has 0 aliphatic heterocycles. The molecule has 0 spiro atoms. The second-order valence-electron chi connectivity index (χ2n) is 6.07. The minimum Gasteiger partial charge on any atom is -0.336 e. The molecule has 0 fully saturated rings. The van der Waals surface area contributed by atoms with E-state index < -0.39 is 0 Å². The van der Waals surface area contributed by atoms with Crippen LogP contribution in [0, 0.1) is 6.92 Å². The quantitative estimate of drug-likeness (QED) is 0.842. The van der Waals surface area contributed by atoms with Crippen molar-refractivity contribution in [3.8, 4) is 0 Å². The van der Waals surface area contributed by atoms with Gasteiger partial charge in [0.2, 0.25) is 0 Å². The third kappa shape index (κ3) is 4.97. The number of carbonyl (C=O) groups is 1. The minimum atomic E-state index is -0.196. The first-order valence-corrected chi connectivity index (χ1v) is 8.16. The zero-order valence-corrected chi connectivity index (χ0v) is 15.3. The van der Waals surface area contributed by atoms with Crippen molar-refractivity contribution in [1.29, 1.82) is 0 Å². The number of urea groups is 1. The first kappa shape index (κ1) is 18.3. The van der Waals surface area contributed by atoms with Gasteiger partial charge in [-0.15, -0.1) is 0 Å². The molecule has 7 heteroatoms. The summed E-state index contributed by atoms with van der Waals surface area (Å²) in [7, 11) is 5.84. The zero-order valence-electron chi connectivity index (χ0n) is 14.5. The van der Waals surface area contributed by atoms with Crippen molar-refractivity contribution in [1.82, 2.24) is 25.3 Å². The van der Waals surface area contributed by atoms with E-state index in [1.165, 1.54) is 0 Å². The van der Waals surface area contributed by atoms with Gasteiger partial charge < -0.3 is 15.5 Å². The Hall–Kier alpha value is -2.05. The van der Waals surface area contributed by atoms with Crippen LogP contribution in [0.4, 0.5) is 4.79 Å². The molecule has 0 saturated heterocycles. The average molecular weight is 350 g/mol. The normalized spacial score (nSPS) is 12.2. The molecule has 1 aromatic carbocycles. The lowest BCUT2D eigenvalue weighted by Crippen LogP contribution is -2.40. The van der Waals surface area contributed by atoms with Gasteiger partial charge in [0, 0.05) is 36.9 Å². The molecular weight excluding hydrogens is 326 g/mol. The molecule has 1 atom stereocenters. The van der Waals surface area contributed by atoms with E-state index in [-0.39, 0.29) is 12.1 Å². The fraction of sp³-hybridized carbons (Fsp3) is 0.412. The number of likely N-dealkylation sites (N-methyl/N-ethyl adjacent to an activating group) is 1. The number of hydrogen-bond acceptors (Lipinski definition) is 3. The number of hydrogen-bond donors (Lipinski definition) is 2. The molecule has 0 bridgehead atoms. The Kier molecular flexibility index (Phi) is 6.23. The van der Waals surface area contributed by atoms with E-state index in [1.54, 1.807) is 4.68 Å². The van der Waals surface area contributed by atoms with Crippen molar-refractivity contribution in [2.75, 3.05) is 20.6 Å². The molecule has 6 nitrogen and oxygen atoms in total. The lowest BCUT2D eigenvalue weighted by Gasteiger charge is -2.23. The summed E-state index contributed by atoms with van der Waals surface area (Å²) in [6.45, 7) is 2.91. The molecule has 24 heavy (non-hydrogen) atoms. The molecule has 1 unspecified atom stereocenters. The standard InChI is InChI=1S/C17H24ClN5O/c1-12-7-13(5-6-15(12)18)8-19-17(24)20-10-16(22(2)3)14-9-21-23(4)11-14/h5-7,9,11,16H,8,10H2,1-4H3,(H2,19,20,24). The lowest BCUT2D eigenvalue weighted by molar-refractivity contribution is 0.232. The molecule has 2 rings (SSSR count). The van der Waals surface area contributed by atoms with Crippen LogP contribution < -0.4 is 10.6 Å². The Morgan fingerprint density at radius 3 is 2.71 bits per heavy atom. The van der Waals surface area contributed by atoms with Gasteiger partial charge in [0.15, 0.2) is 0 Å². The maximum absolute atomic E-state index is 12.0. The van der Waals surface area contributed by atoms with Crippen molar-refractivity contribution < 1.29 is 4.79 Å². The second kappa shape index (κ2) is 8.17.